The normalized spacial score (nSPS) is 18.6. The topological polar surface area (TPSA) is 83.3 Å². The highest BCUT2D eigenvalue weighted by atomic mass is 16.4. The molecule has 1 atom stereocenters. The molecule has 2 rings (SSSR count). The molecule has 1 aliphatic heterocycles. The Bertz CT molecular complexity index is 454. The van der Waals surface area contributed by atoms with Gasteiger partial charge in [-0.3, -0.25) is 15.0 Å². The smallest absolute Gasteiger partial charge is 0.322 e. The van der Waals surface area contributed by atoms with Gasteiger partial charge in [0.05, 0.1) is 6.54 Å². The van der Waals surface area contributed by atoms with Crippen LogP contribution in [0.4, 0.5) is 6.01 Å². The molecule has 0 saturated carbocycles. The maximum Gasteiger partial charge on any atom is 0.322 e. The molecule has 1 unspecified atom stereocenters. The highest BCUT2D eigenvalue weighted by Gasteiger charge is 2.24. The number of anilines is 1. The fraction of sp³-hybridized carbons (Fsp3) is 0.786. The van der Waals surface area contributed by atoms with Crippen LogP contribution in [-0.4, -0.2) is 53.2 Å². The number of nitrogens with one attached hydrogen (secondary N) is 2. The van der Waals surface area contributed by atoms with Crippen molar-refractivity contribution in [1.82, 2.24) is 20.4 Å². The average molecular weight is 295 g/mol. The molecule has 1 aliphatic rings. The Balaban J connectivity index is 1.88. The van der Waals surface area contributed by atoms with Gasteiger partial charge in [-0.25, -0.2) is 0 Å². The summed E-state index contributed by atoms with van der Waals surface area (Å²) in [6, 6.07) is 0.620. The Morgan fingerprint density at radius 1 is 1.52 bits per heavy atom. The van der Waals surface area contributed by atoms with Crippen molar-refractivity contribution in [1.29, 1.82) is 0 Å². The van der Waals surface area contributed by atoms with Crippen LogP contribution in [0, 0.1) is 0 Å². The maximum atomic E-state index is 12.1. The quantitative estimate of drug-likeness (QED) is 0.786. The van der Waals surface area contributed by atoms with Crippen LogP contribution in [0.5, 0.6) is 0 Å². The number of carbonyl (C=O) groups excluding carboxylic acids is 1. The maximum absolute atomic E-state index is 12.1. The number of hydrogen-bond acceptors (Lipinski definition) is 6. The molecule has 2 heterocycles. The third-order valence-electron chi connectivity index (χ3n) is 3.59. The molecule has 1 amide bonds. The van der Waals surface area contributed by atoms with Gasteiger partial charge >= 0.3 is 6.01 Å². The van der Waals surface area contributed by atoms with Crippen molar-refractivity contribution in [2.45, 2.75) is 45.6 Å². The Hall–Kier alpha value is -1.47. The van der Waals surface area contributed by atoms with Crippen LogP contribution in [0.25, 0.3) is 0 Å². The van der Waals surface area contributed by atoms with E-state index in [0.717, 1.165) is 32.5 Å². The van der Waals surface area contributed by atoms with Crippen molar-refractivity contribution in [3.63, 3.8) is 0 Å². The van der Waals surface area contributed by atoms with Crippen molar-refractivity contribution < 1.29 is 9.21 Å². The van der Waals surface area contributed by atoms with Gasteiger partial charge in [0.2, 0.25) is 11.8 Å². The number of hydrogen-bond donors (Lipinski definition) is 2. The third-order valence-corrected chi connectivity index (χ3v) is 3.59. The van der Waals surface area contributed by atoms with Crippen LogP contribution >= 0.6 is 0 Å². The molecule has 21 heavy (non-hydrogen) atoms. The molecule has 1 aromatic rings. The zero-order chi connectivity index (χ0) is 15.2. The molecule has 0 spiro atoms. The minimum absolute atomic E-state index is 0.102. The molecule has 1 fully saturated rings. The van der Waals surface area contributed by atoms with Crippen molar-refractivity contribution in [3.8, 4) is 0 Å². The first kappa shape index (κ1) is 15.9. The van der Waals surface area contributed by atoms with Crippen molar-refractivity contribution in [2.24, 2.45) is 0 Å². The first-order valence-corrected chi connectivity index (χ1v) is 7.68. The van der Waals surface area contributed by atoms with Gasteiger partial charge in [-0.1, -0.05) is 25.9 Å². The van der Waals surface area contributed by atoms with Crippen LogP contribution < -0.4 is 10.6 Å². The van der Waals surface area contributed by atoms with E-state index < -0.39 is 0 Å². The SMILES string of the molecule is CCCN(CC(=O)Nc1nnc(C(C)C)o1)C1CCNC1. The fourth-order valence-electron chi connectivity index (χ4n) is 2.49. The van der Waals surface area contributed by atoms with E-state index in [1.165, 1.54) is 0 Å². The van der Waals surface area contributed by atoms with Gasteiger partial charge in [-0.15, -0.1) is 5.10 Å². The van der Waals surface area contributed by atoms with E-state index in [4.69, 9.17) is 4.42 Å². The molecule has 118 valence electrons. The lowest BCUT2D eigenvalue weighted by Crippen LogP contribution is -2.42. The summed E-state index contributed by atoms with van der Waals surface area (Å²) >= 11 is 0. The fourth-order valence-corrected chi connectivity index (χ4v) is 2.49. The monoisotopic (exact) mass is 295 g/mol. The van der Waals surface area contributed by atoms with Crippen LogP contribution in [0.2, 0.25) is 0 Å². The van der Waals surface area contributed by atoms with E-state index in [0.29, 0.717) is 18.5 Å². The van der Waals surface area contributed by atoms with Crippen LogP contribution in [0.15, 0.2) is 4.42 Å². The summed E-state index contributed by atoms with van der Waals surface area (Å²) in [4.78, 5) is 14.3. The minimum atomic E-state index is -0.102. The largest absolute Gasteiger partial charge is 0.408 e. The van der Waals surface area contributed by atoms with Gasteiger partial charge in [0.15, 0.2) is 0 Å². The molecule has 1 aromatic heterocycles. The summed E-state index contributed by atoms with van der Waals surface area (Å²) in [7, 11) is 0. The van der Waals surface area contributed by atoms with Crippen LogP contribution in [0.1, 0.15) is 45.4 Å². The standard InChI is InChI=1S/C14H25N5O2/c1-4-7-19(11-5-6-15-8-11)9-12(20)16-14-18-17-13(21-14)10(2)3/h10-11,15H,4-9H2,1-3H3,(H,16,18,20). The lowest BCUT2D eigenvalue weighted by atomic mass is 10.2. The predicted octanol–water partition coefficient (Wildman–Crippen LogP) is 1.21. The zero-order valence-corrected chi connectivity index (χ0v) is 13.1. The molecule has 0 aliphatic carbocycles. The van der Waals surface area contributed by atoms with E-state index in [1.54, 1.807) is 0 Å². The van der Waals surface area contributed by atoms with Crippen LogP contribution in [0.3, 0.4) is 0 Å². The number of aromatic nitrogens is 2. The third kappa shape index (κ3) is 4.50. The summed E-state index contributed by atoms with van der Waals surface area (Å²) in [5, 5.41) is 13.8. The highest BCUT2D eigenvalue weighted by Crippen LogP contribution is 2.15. The zero-order valence-electron chi connectivity index (χ0n) is 13.1. The van der Waals surface area contributed by atoms with Gasteiger partial charge < -0.3 is 9.73 Å². The molecule has 0 bridgehead atoms. The Morgan fingerprint density at radius 3 is 2.90 bits per heavy atom. The number of amides is 1. The van der Waals surface area contributed by atoms with Gasteiger partial charge in [0.25, 0.3) is 0 Å². The molecule has 7 heteroatoms. The van der Waals surface area contributed by atoms with E-state index in [1.807, 2.05) is 13.8 Å². The van der Waals surface area contributed by atoms with Crippen molar-refractivity contribution in [3.05, 3.63) is 5.89 Å². The first-order valence-electron chi connectivity index (χ1n) is 7.68. The van der Waals surface area contributed by atoms with Gasteiger partial charge in [-0.05, 0) is 25.9 Å². The molecule has 0 aromatic carbocycles. The molecule has 0 radical (unpaired) electrons. The molecule has 2 N–H and O–H groups in total. The minimum Gasteiger partial charge on any atom is -0.408 e. The first-order chi connectivity index (χ1) is 10.1. The molecule has 1 saturated heterocycles. The average Bonchev–Trinajstić information content (AvgIpc) is 3.09. The highest BCUT2D eigenvalue weighted by molar-refractivity contribution is 5.90. The number of nitrogens with zero attached hydrogens (tertiary/aromatic N) is 3. The van der Waals surface area contributed by atoms with E-state index >= 15 is 0 Å². The summed E-state index contributed by atoms with van der Waals surface area (Å²) in [6.07, 6.45) is 2.12. The van der Waals surface area contributed by atoms with Crippen LogP contribution in [-0.2, 0) is 4.79 Å². The lowest BCUT2D eigenvalue weighted by Gasteiger charge is -2.26. The second kappa shape index (κ2) is 7.51. The summed E-state index contributed by atoms with van der Waals surface area (Å²) in [6.45, 7) is 9.31. The Kier molecular flexibility index (Phi) is 5.69. The van der Waals surface area contributed by atoms with Crippen molar-refractivity contribution >= 4 is 11.9 Å². The predicted molar refractivity (Wildman–Crippen MR) is 80.2 cm³/mol. The van der Waals surface area contributed by atoms with E-state index in [9.17, 15) is 4.79 Å². The molecular formula is C14H25N5O2. The van der Waals surface area contributed by atoms with E-state index in [2.05, 4.69) is 32.7 Å². The summed E-state index contributed by atoms with van der Waals surface area (Å²) in [5.74, 6) is 0.592. The van der Waals surface area contributed by atoms with Crippen molar-refractivity contribution in [2.75, 3.05) is 31.5 Å². The molecule has 7 nitrogen and oxygen atoms in total. The van der Waals surface area contributed by atoms with Gasteiger partial charge in [0, 0.05) is 18.5 Å². The second-order valence-corrected chi connectivity index (χ2v) is 5.77. The molecular weight excluding hydrogens is 270 g/mol. The lowest BCUT2D eigenvalue weighted by molar-refractivity contribution is -0.117. The van der Waals surface area contributed by atoms with Gasteiger partial charge in [-0.2, -0.15) is 0 Å². The summed E-state index contributed by atoms with van der Waals surface area (Å²) in [5.41, 5.74) is 0. The second-order valence-electron chi connectivity index (χ2n) is 5.77. The number of rotatable bonds is 7. The number of carbonyl (C=O) groups is 1. The Labute approximate surface area is 125 Å². The summed E-state index contributed by atoms with van der Waals surface area (Å²) < 4.78 is 5.40. The Morgan fingerprint density at radius 2 is 2.33 bits per heavy atom. The van der Waals surface area contributed by atoms with Gasteiger partial charge in [0.1, 0.15) is 0 Å². The van der Waals surface area contributed by atoms with E-state index in [-0.39, 0.29) is 17.8 Å².